The fourth-order valence-corrected chi connectivity index (χ4v) is 4.54. The van der Waals surface area contributed by atoms with Gasteiger partial charge in [0.15, 0.2) is 17.3 Å². The number of fused-ring (bicyclic) bond motifs is 1. The van der Waals surface area contributed by atoms with Crippen LogP contribution in [0.4, 0.5) is 0 Å². The van der Waals surface area contributed by atoms with Gasteiger partial charge in [-0.15, -0.1) is 0 Å². The van der Waals surface area contributed by atoms with Crippen LogP contribution in [0.3, 0.4) is 0 Å². The Morgan fingerprint density at radius 2 is 1.51 bits per heavy atom. The Kier molecular flexibility index (Phi) is 7.69. The third-order valence-electron chi connectivity index (χ3n) is 5.77. The summed E-state index contributed by atoms with van der Waals surface area (Å²) in [6.07, 6.45) is 0.0294. The minimum absolute atomic E-state index is 0.0294. The van der Waals surface area contributed by atoms with Crippen molar-refractivity contribution in [3.8, 4) is 23.0 Å². The number of nitrogens with zero attached hydrogens (tertiary/aromatic N) is 2. The Morgan fingerprint density at radius 1 is 0.811 bits per heavy atom. The quantitative estimate of drug-likeness (QED) is 0.235. The number of hydrogen-bond donors (Lipinski definition) is 1. The molecule has 0 unspecified atom stereocenters. The van der Waals surface area contributed by atoms with E-state index in [2.05, 4.69) is 8.75 Å². The van der Waals surface area contributed by atoms with Gasteiger partial charge in [0.2, 0.25) is 5.75 Å². The molecule has 0 aliphatic carbocycles. The number of allylic oxidation sites excluding steroid dienone is 1. The van der Waals surface area contributed by atoms with Crippen molar-refractivity contribution >= 4 is 40.1 Å². The highest BCUT2D eigenvalue weighted by Crippen LogP contribution is 2.39. The van der Waals surface area contributed by atoms with Crippen LogP contribution in [0.25, 0.3) is 16.6 Å². The second-order valence-corrected chi connectivity index (χ2v) is 8.43. The van der Waals surface area contributed by atoms with E-state index in [4.69, 9.17) is 18.9 Å². The van der Waals surface area contributed by atoms with Crippen molar-refractivity contribution in [1.29, 1.82) is 0 Å². The summed E-state index contributed by atoms with van der Waals surface area (Å²) in [5, 5.41) is 10.3. The highest BCUT2D eigenvalue weighted by Gasteiger charge is 2.26. The number of Topliss-reactive ketones (excluding diaryl/α,β-unsaturated/α-hetero) is 1. The summed E-state index contributed by atoms with van der Waals surface area (Å²) < 4.78 is 29.9. The van der Waals surface area contributed by atoms with E-state index >= 15 is 0 Å². The molecular formula is C27H24N2O7S. The fraction of sp³-hybridized carbons (Fsp3) is 0.185. The molecule has 0 saturated heterocycles. The maximum atomic E-state index is 14.0. The average molecular weight is 521 g/mol. The summed E-state index contributed by atoms with van der Waals surface area (Å²) in [5.41, 5.74) is 2.33. The zero-order valence-corrected chi connectivity index (χ0v) is 21.4. The van der Waals surface area contributed by atoms with E-state index in [0.29, 0.717) is 33.7 Å². The average Bonchev–Trinajstić information content (AvgIpc) is 3.39. The Bertz CT molecular complexity index is 1480. The molecule has 0 bridgehead atoms. The van der Waals surface area contributed by atoms with Gasteiger partial charge in [-0.2, -0.15) is 8.75 Å². The molecule has 1 N–H and O–H groups in total. The molecule has 190 valence electrons. The normalized spacial score (nSPS) is 11.6. The molecule has 37 heavy (non-hydrogen) atoms. The number of carbonyl (C=O) groups is 2. The van der Waals surface area contributed by atoms with Crippen LogP contribution in [-0.2, 0) is 11.2 Å². The van der Waals surface area contributed by atoms with E-state index < -0.39 is 11.8 Å². The molecule has 10 heteroatoms. The lowest BCUT2D eigenvalue weighted by Gasteiger charge is -2.16. The van der Waals surface area contributed by atoms with Crippen molar-refractivity contribution < 1.29 is 33.6 Å². The zero-order valence-electron chi connectivity index (χ0n) is 20.6. The molecular weight excluding hydrogens is 496 g/mol. The number of rotatable bonds is 10. The van der Waals surface area contributed by atoms with Gasteiger partial charge in [0.05, 0.1) is 45.7 Å². The van der Waals surface area contributed by atoms with Crippen molar-refractivity contribution in [1.82, 2.24) is 8.75 Å². The molecule has 9 nitrogen and oxygen atoms in total. The molecule has 3 aromatic carbocycles. The van der Waals surface area contributed by atoms with Crippen molar-refractivity contribution in [2.75, 3.05) is 28.4 Å². The van der Waals surface area contributed by atoms with Crippen molar-refractivity contribution in [3.05, 3.63) is 76.9 Å². The molecule has 0 amide bonds. The highest BCUT2D eigenvalue weighted by atomic mass is 32.1. The van der Waals surface area contributed by atoms with E-state index in [0.717, 1.165) is 11.7 Å². The van der Waals surface area contributed by atoms with Crippen molar-refractivity contribution in [2.24, 2.45) is 0 Å². The van der Waals surface area contributed by atoms with E-state index in [9.17, 15) is 14.7 Å². The van der Waals surface area contributed by atoms with Crippen LogP contribution >= 0.6 is 11.7 Å². The number of benzene rings is 3. The molecule has 0 atom stereocenters. The van der Waals surface area contributed by atoms with Crippen LogP contribution in [0.15, 0.2) is 60.2 Å². The van der Waals surface area contributed by atoms with Gasteiger partial charge >= 0.3 is 5.97 Å². The summed E-state index contributed by atoms with van der Waals surface area (Å²) in [7, 11) is 5.88. The third kappa shape index (κ3) is 5.24. The Hall–Kier alpha value is -4.44. The largest absolute Gasteiger partial charge is 0.497 e. The van der Waals surface area contributed by atoms with Crippen LogP contribution in [0.5, 0.6) is 23.0 Å². The SMILES string of the molecule is COc1cccc(C/C(C(=O)c2cc(OC)c(OC)c(OC)c2)=C(\C(=O)O)c2ccc3nsnc3c2)c1. The van der Waals surface area contributed by atoms with Crippen molar-refractivity contribution in [2.45, 2.75) is 6.42 Å². The van der Waals surface area contributed by atoms with Gasteiger partial charge < -0.3 is 24.1 Å². The maximum Gasteiger partial charge on any atom is 0.336 e. The monoisotopic (exact) mass is 520 g/mol. The third-order valence-corrected chi connectivity index (χ3v) is 6.33. The minimum Gasteiger partial charge on any atom is -0.497 e. The first-order chi connectivity index (χ1) is 17.9. The number of ether oxygens (including phenoxy) is 4. The standard InChI is InChI=1S/C27H24N2O7S/c1-33-18-7-5-6-15(10-18)11-19(24(27(31)32)16-8-9-20-21(12-16)29-37-28-20)25(30)17-13-22(34-2)26(36-4)23(14-17)35-3/h5-10,12-14H,11H2,1-4H3,(H,31,32)/b24-19+. The van der Waals surface area contributed by atoms with Gasteiger partial charge in [-0.3, -0.25) is 4.79 Å². The number of aromatic nitrogens is 2. The van der Waals surface area contributed by atoms with Crippen LogP contribution in [0.1, 0.15) is 21.5 Å². The summed E-state index contributed by atoms with van der Waals surface area (Å²) in [6, 6.07) is 15.1. The first-order valence-corrected chi connectivity index (χ1v) is 11.8. The number of carboxylic acids is 1. The summed E-state index contributed by atoms with van der Waals surface area (Å²) >= 11 is 1.03. The Labute approximate surface area is 217 Å². The lowest BCUT2D eigenvalue weighted by Crippen LogP contribution is -2.14. The van der Waals surface area contributed by atoms with Crippen LogP contribution in [0.2, 0.25) is 0 Å². The number of carboxylic acid groups (broad SMARTS) is 1. The minimum atomic E-state index is -1.25. The smallest absolute Gasteiger partial charge is 0.336 e. The zero-order chi connectivity index (χ0) is 26.5. The maximum absolute atomic E-state index is 14.0. The number of methoxy groups -OCH3 is 4. The van der Waals surface area contributed by atoms with Gasteiger partial charge in [0, 0.05) is 17.6 Å². The number of carbonyl (C=O) groups excluding carboxylic acids is 1. The van der Waals surface area contributed by atoms with Crippen molar-refractivity contribution in [3.63, 3.8) is 0 Å². The summed E-state index contributed by atoms with van der Waals surface area (Å²) in [6.45, 7) is 0. The lowest BCUT2D eigenvalue weighted by molar-refractivity contribution is -0.130. The summed E-state index contributed by atoms with van der Waals surface area (Å²) in [4.78, 5) is 26.7. The van der Waals surface area contributed by atoms with E-state index in [1.807, 2.05) is 0 Å². The number of aliphatic carboxylic acids is 1. The highest BCUT2D eigenvalue weighted by molar-refractivity contribution is 7.00. The molecule has 0 radical (unpaired) electrons. The molecule has 1 heterocycles. The predicted molar refractivity (Wildman–Crippen MR) is 139 cm³/mol. The number of hydrogen-bond acceptors (Lipinski definition) is 9. The second kappa shape index (κ2) is 11.1. The van der Waals surface area contributed by atoms with Gasteiger partial charge in [-0.05, 0) is 47.5 Å². The van der Waals surface area contributed by atoms with E-state index in [1.54, 1.807) is 42.5 Å². The molecule has 0 saturated carbocycles. The molecule has 0 spiro atoms. The van der Waals surface area contributed by atoms with Gasteiger partial charge in [0.25, 0.3) is 0 Å². The lowest BCUT2D eigenvalue weighted by atomic mass is 9.89. The van der Waals surface area contributed by atoms with E-state index in [-0.39, 0.29) is 34.6 Å². The number of ketones is 1. The molecule has 4 rings (SSSR count). The molecule has 1 aromatic heterocycles. The van der Waals surface area contributed by atoms with Crippen LogP contribution in [-0.4, -0.2) is 54.0 Å². The molecule has 0 aliphatic rings. The molecule has 0 fully saturated rings. The van der Waals surface area contributed by atoms with Crippen LogP contribution < -0.4 is 18.9 Å². The first kappa shape index (κ1) is 25.6. The van der Waals surface area contributed by atoms with E-state index in [1.165, 1.54) is 40.6 Å². The molecule has 4 aromatic rings. The summed E-state index contributed by atoms with van der Waals surface area (Å²) in [5.74, 6) is -0.295. The van der Waals surface area contributed by atoms with Gasteiger partial charge in [-0.1, -0.05) is 18.2 Å². The first-order valence-electron chi connectivity index (χ1n) is 11.1. The Morgan fingerprint density at radius 3 is 2.14 bits per heavy atom. The second-order valence-electron chi connectivity index (χ2n) is 7.90. The fourth-order valence-electron chi connectivity index (χ4n) is 4.02. The van der Waals surface area contributed by atoms with Gasteiger partial charge in [0.1, 0.15) is 16.8 Å². The van der Waals surface area contributed by atoms with Crippen LogP contribution in [0, 0.1) is 0 Å². The van der Waals surface area contributed by atoms with Gasteiger partial charge in [-0.25, -0.2) is 4.79 Å². The Balaban J connectivity index is 1.95. The predicted octanol–water partition coefficient (Wildman–Crippen LogP) is 4.69. The topological polar surface area (TPSA) is 117 Å². The molecule has 0 aliphatic heterocycles.